The molecule has 0 bridgehead atoms. The van der Waals surface area contributed by atoms with Gasteiger partial charge in [-0.25, -0.2) is 12.7 Å². The summed E-state index contributed by atoms with van der Waals surface area (Å²) in [5, 5.41) is 0. The lowest BCUT2D eigenvalue weighted by Crippen LogP contribution is -2.42. The van der Waals surface area contributed by atoms with E-state index in [2.05, 4.69) is 0 Å². The number of rotatable bonds is 5. The van der Waals surface area contributed by atoms with Crippen molar-refractivity contribution < 1.29 is 17.9 Å². The van der Waals surface area contributed by atoms with Crippen molar-refractivity contribution in [3.8, 4) is 5.75 Å². The maximum atomic E-state index is 12.4. The van der Waals surface area contributed by atoms with E-state index in [1.165, 1.54) is 0 Å². The average molecular weight is 331 g/mol. The number of nitrogens with zero attached hydrogens (tertiary/aromatic N) is 1. The fourth-order valence-corrected chi connectivity index (χ4v) is 4.10. The molecular weight excluding hydrogens is 314 g/mol. The van der Waals surface area contributed by atoms with Gasteiger partial charge in [0.25, 0.3) is 5.91 Å². The van der Waals surface area contributed by atoms with Gasteiger partial charge in [0.1, 0.15) is 5.75 Å². The molecule has 1 aliphatic heterocycles. The second kappa shape index (κ2) is 6.42. The first-order valence-electron chi connectivity index (χ1n) is 7.38. The average Bonchev–Trinajstić information content (AvgIpc) is 2.54. The van der Waals surface area contributed by atoms with Gasteiger partial charge in [-0.05, 0) is 23.8 Å². The minimum absolute atomic E-state index is 0.127. The molecule has 120 valence electrons. The third kappa shape index (κ3) is 3.37. The molecule has 23 heavy (non-hydrogen) atoms. The van der Waals surface area contributed by atoms with E-state index in [4.69, 9.17) is 4.74 Å². The van der Waals surface area contributed by atoms with Crippen LogP contribution in [0.4, 0.5) is 0 Å². The van der Waals surface area contributed by atoms with Crippen molar-refractivity contribution in [1.29, 1.82) is 0 Å². The molecule has 0 fully saturated rings. The highest BCUT2D eigenvalue weighted by Crippen LogP contribution is 2.24. The third-order valence-electron chi connectivity index (χ3n) is 3.67. The Morgan fingerprint density at radius 2 is 1.70 bits per heavy atom. The summed E-state index contributed by atoms with van der Waals surface area (Å²) >= 11 is 0. The predicted molar refractivity (Wildman–Crippen MR) is 86.7 cm³/mol. The Labute approximate surface area is 135 Å². The van der Waals surface area contributed by atoms with Gasteiger partial charge >= 0.3 is 0 Å². The summed E-state index contributed by atoms with van der Waals surface area (Å²) in [6.45, 7) is 0.479. The number of carbonyl (C=O) groups excluding carboxylic acids is 1. The van der Waals surface area contributed by atoms with Gasteiger partial charge in [0.15, 0.2) is 0 Å². The van der Waals surface area contributed by atoms with Gasteiger partial charge in [0, 0.05) is 18.5 Å². The number of hydrogen-bond donors (Lipinski definition) is 0. The van der Waals surface area contributed by atoms with Crippen LogP contribution in [-0.4, -0.2) is 31.8 Å². The number of amides is 1. The molecule has 0 aliphatic carbocycles. The zero-order chi connectivity index (χ0) is 16.3. The van der Waals surface area contributed by atoms with E-state index in [-0.39, 0.29) is 12.3 Å². The van der Waals surface area contributed by atoms with Gasteiger partial charge in [-0.3, -0.25) is 4.79 Å². The lowest BCUT2D eigenvalue weighted by Gasteiger charge is -2.28. The molecule has 3 rings (SSSR count). The van der Waals surface area contributed by atoms with E-state index in [9.17, 15) is 13.2 Å². The number of benzene rings is 2. The molecule has 0 N–H and O–H groups in total. The summed E-state index contributed by atoms with van der Waals surface area (Å²) in [4.78, 5) is 12.4. The van der Waals surface area contributed by atoms with E-state index < -0.39 is 15.9 Å². The topological polar surface area (TPSA) is 63.7 Å². The van der Waals surface area contributed by atoms with Gasteiger partial charge in [-0.1, -0.05) is 36.4 Å². The maximum absolute atomic E-state index is 12.4. The normalized spacial score (nSPS) is 16.0. The zero-order valence-electron chi connectivity index (χ0n) is 12.5. The molecule has 2 aromatic rings. The highest BCUT2D eigenvalue weighted by atomic mass is 32.2. The van der Waals surface area contributed by atoms with Crippen LogP contribution in [0.15, 0.2) is 54.6 Å². The molecular formula is C17H17NO4S. The highest BCUT2D eigenvalue weighted by molar-refractivity contribution is 7.89. The van der Waals surface area contributed by atoms with E-state index in [0.717, 1.165) is 10.1 Å². The minimum atomic E-state index is -3.60. The van der Waals surface area contributed by atoms with Crippen molar-refractivity contribution in [3.05, 3.63) is 65.7 Å². The molecule has 2 aromatic carbocycles. The van der Waals surface area contributed by atoms with Crippen molar-refractivity contribution in [3.63, 3.8) is 0 Å². The molecule has 1 aliphatic rings. The van der Waals surface area contributed by atoms with Crippen LogP contribution in [0.25, 0.3) is 0 Å². The monoisotopic (exact) mass is 331 g/mol. The van der Waals surface area contributed by atoms with Crippen molar-refractivity contribution in [2.45, 2.75) is 12.2 Å². The third-order valence-corrected chi connectivity index (χ3v) is 5.36. The summed E-state index contributed by atoms with van der Waals surface area (Å²) in [5.74, 6) is 0.145. The van der Waals surface area contributed by atoms with Crippen molar-refractivity contribution >= 4 is 15.9 Å². The van der Waals surface area contributed by atoms with Crippen LogP contribution in [0, 0.1) is 0 Å². The molecule has 1 heterocycles. The molecule has 0 atom stereocenters. The van der Waals surface area contributed by atoms with Crippen LogP contribution in [0.1, 0.15) is 22.3 Å². The molecule has 0 radical (unpaired) electrons. The van der Waals surface area contributed by atoms with E-state index >= 15 is 0 Å². The van der Waals surface area contributed by atoms with Crippen LogP contribution >= 0.6 is 0 Å². The Morgan fingerprint density at radius 3 is 2.48 bits per heavy atom. The predicted octanol–water partition coefficient (Wildman–Crippen LogP) is 2.44. The van der Waals surface area contributed by atoms with Crippen LogP contribution in [0.3, 0.4) is 0 Å². The summed E-state index contributed by atoms with van der Waals surface area (Å²) in [6, 6.07) is 16.1. The number of ether oxygens (including phenoxy) is 1. The Morgan fingerprint density at radius 1 is 1.00 bits per heavy atom. The van der Waals surface area contributed by atoms with Crippen molar-refractivity contribution in [2.24, 2.45) is 0 Å². The molecule has 0 aromatic heterocycles. The number of sulfonamides is 1. The van der Waals surface area contributed by atoms with Gasteiger partial charge < -0.3 is 4.74 Å². The van der Waals surface area contributed by atoms with Gasteiger partial charge in [-0.15, -0.1) is 0 Å². The first kappa shape index (κ1) is 15.6. The van der Waals surface area contributed by atoms with Crippen molar-refractivity contribution in [2.75, 3.05) is 13.2 Å². The summed E-state index contributed by atoms with van der Waals surface area (Å²) in [7, 11) is -3.60. The Kier molecular flexibility index (Phi) is 4.34. The summed E-state index contributed by atoms with van der Waals surface area (Å²) in [6.07, 6.45) is 0.446. The molecule has 0 unspecified atom stereocenters. The molecule has 6 heteroatoms. The SMILES string of the molecule is O=C1c2ccccc2CS(=O)(=O)N1CCCOc1ccccc1. The number of carbonyl (C=O) groups is 1. The minimum Gasteiger partial charge on any atom is -0.494 e. The molecule has 5 nitrogen and oxygen atoms in total. The molecule has 1 amide bonds. The van der Waals surface area contributed by atoms with Crippen LogP contribution in [0.5, 0.6) is 5.75 Å². The lowest BCUT2D eigenvalue weighted by molar-refractivity contribution is 0.0851. The largest absolute Gasteiger partial charge is 0.494 e. The number of hydrogen-bond acceptors (Lipinski definition) is 4. The standard InChI is InChI=1S/C17H17NO4S/c19-17-16-10-5-4-7-14(16)13-23(20,21)18(17)11-6-12-22-15-8-2-1-3-9-15/h1-5,7-10H,6,11-13H2. The Balaban J connectivity index is 1.64. The highest BCUT2D eigenvalue weighted by Gasteiger charge is 2.35. The molecule has 0 saturated heterocycles. The zero-order valence-corrected chi connectivity index (χ0v) is 13.3. The van der Waals surface area contributed by atoms with Crippen molar-refractivity contribution in [1.82, 2.24) is 4.31 Å². The van der Waals surface area contributed by atoms with E-state index in [0.29, 0.717) is 24.2 Å². The first-order valence-corrected chi connectivity index (χ1v) is 8.99. The van der Waals surface area contributed by atoms with Gasteiger partial charge in [-0.2, -0.15) is 0 Å². The second-order valence-electron chi connectivity index (χ2n) is 5.31. The quantitative estimate of drug-likeness (QED) is 0.790. The fraction of sp³-hybridized carbons (Fsp3) is 0.235. The lowest BCUT2D eigenvalue weighted by atomic mass is 10.1. The smallest absolute Gasteiger partial charge is 0.267 e. The first-order chi connectivity index (χ1) is 11.1. The van der Waals surface area contributed by atoms with Crippen LogP contribution in [-0.2, 0) is 15.8 Å². The van der Waals surface area contributed by atoms with Crippen LogP contribution in [0.2, 0.25) is 0 Å². The van der Waals surface area contributed by atoms with Gasteiger partial charge in [0.2, 0.25) is 10.0 Å². The number of para-hydroxylation sites is 1. The molecule has 0 saturated carbocycles. The second-order valence-corrected chi connectivity index (χ2v) is 7.20. The Hall–Kier alpha value is -2.34. The number of fused-ring (bicyclic) bond motifs is 1. The summed E-state index contributed by atoms with van der Waals surface area (Å²) in [5.41, 5.74) is 1.03. The van der Waals surface area contributed by atoms with Gasteiger partial charge in [0.05, 0.1) is 12.4 Å². The molecule has 0 spiro atoms. The van der Waals surface area contributed by atoms with Crippen LogP contribution < -0.4 is 4.74 Å². The summed E-state index contributed by atoms with van der Waals surface area (Å²) < 4.78 is 31.1. The Bertz CT molecular complexity index is 802. The van der Waals surface area contributed by atoms with E-state index in [1.807, 2.05) is 30.3 Å². The van der Waals surface area contributed by atoms with E-state index in [1.54, 1.807) is 24.3 Å². The fourth-order valence-electron chi connectivity index (χ4n) is 2.55. The maximum Gasteiger partial charge on any atom is 0.267 e.